The van der Waals surface area contributed by atoms with Crippen LogP contribution in [0.25, 0.3) is 0 Å². The van der Waals surface area contributed by atoms with Gasteiger partial charge in [-0.15, -0.1) is 0 Å². The Kier molecular flexibility index (Phi) is 6.57. The fourth-order valence-electron chi connectivity index (χ4n) is 3.97. The average Bonchev–Trinajstić information content (AvgIpc) is 2.76. The smallest absolute Gasteiger partial charge is 0.316 e. The summed E-state index contributed by atoms with van der Waals surface area (Å²) in [6.45, 7) is 5.43. The Hall–Kier alpha value is -2.82. The van der Waals surface area contributed by atoms with Crippen molar-refractivity contribution in [2.75, 3.05) is 26.8 Å². The van der Waals surface area contributed by atoms with Crippen molar-refractivity contribution < 1.29 is 19.1 Å². The molecule has 1 saturated heterocycles. The molecular formula is C24H29NO4. The molecule has 5 heteroatoms. The van der Waals surface area contributed by atoms with Crippen LogP contribution in [0.4, 0.5) is 0 Å². The van der Waals surface area contributed by atoms with E-state index < -0.39 is 5.41 Å². The number of carbonyl (C=O) groups excluding carboxylic acids is 2. The molecule has 154 valence electrons. The zero-order valence-electron chi connectivity index (χ0n) is 17.4. The SMILES string of the molecule is COC(=O)C1(c2ccccc2)CCN(C(=O)CCOc2cc(C)ccc2C)CC1. The molecule has 1 aliphatic heterocycles. The van der Waals surface area contributed by atoms with E-state index in [-0.39, 0.29) is 11.9 Å². The highest BCUT2D eigenvalue weighted by Crippen LogP contribution is 2.37. The molecule has 29 heavy (non-hydrogen) atoms. The number of likely N-dealkylation sites (tertiary alicyclic amines) is 1. The van der Waals surface area contributed by atoms with Gasteiger partial charge in [0.25, 0.3) is 0 Å². The maximum Gasteiger partial charge on any atom is 0.316 e. The summed E-state index contributed by atoms with van der Waals surface area (Å²) in [5, 5.41) is 0. The second-order valence-corrected chi connectivity index (χ2v) is 7.69. The second-order valence-electron chi connectivity index (χ2n) is 7.69. The Morgan fingerprint density at radius 1 is 1.03 bits per heavy atom. The van der Waals surface area contributed by atoms with E-state index in [9.17, 15) is 9.59 Å². The van der Waals surface area contributed by atoms with Crippen LogP contribution in [0.15, 0.2) is 48.5 Å². The van der Waals surface area contributed by atoms with Gasteiger partial charge in [-0.1, -0.05) is 42.5 Å². The minimum absolute atomic E-state index is 0.0573. The van der Waals surface area contributed by atoms with Crippen LogP contribution in [0.2, 0.25) is 0 Å². The molecule has 0 aliphatic carbocycles. The van der Waals surface area contributed by atoms with Crippen molar-refractivity contribution >= 4 is 11.9 Å². The van der Waals surface area contributed by atoms with Crippen LogP contribution in [0, 0.1) is 13.8 Å². The quantitative estimate of drug-likeness (QED) is 0.698. The third kappa shape index (κ3) is 4.61. The van der Waals surface area contributed by atoms with Crippen molar-refractivity contribution in [1.82, 2.24) is 4.90 Å². The van der Waals surface area contributed by atoms with E-state index in [1.165, 1.54) is 7.11 Å². The topological polar surface area (TPSA) is 55.8 Å². The molecule has 0 bridgehead atoms. The number of piperidine rings is 1. The summed E-state index contributed by atoms with van der Waals surface area (Å²) in [6.07, 6.45) is 1.45. The molecule has 0 radical (unpaired) electrons. The summed E-state index contributed by atoms with van der Waals surface area (Å²) in [6, 6.07) is 15.8. The van der Waals surface area contributed by atoms with E-state index in [1.54, 1.807) is 0 Å². The first-order valence-electron chi connectivity index (χ1n) is 10.1. The van der Waals surface area contributed by atoms with Crippen molar-refractivity contribution in [3.05, 3.63) is 65.2 Å². The van der Waals surface area contributed by atoms with Gasteiger partial charge in [0.15, 0.2) is 0 Å². The van der Waals surface area contributed by atoms with Crippen LogP contribution < -0.4 is 4.74 Å². The standard InChI is InChI=1S/C24H29NO4/c1-18-9-10-19(2)21(17-18)29-16-11-22(26)25-14-12-24(13-15-25,23(27)28-3)20-7-5-4-6-8-20/h4-10,17H,11-16H2,1-3H3. The van der Waals surface area contributed by atoms with Gasteiger partial charge < -0.3 is 14.4 Å². The van der Waals surface area contributed by atoms with E-state index >= 15 is 0 Å². The summed E-state index contributed by atoms with van der Waals surface area (Å²) >= 11 is 0. The van der Waals surface area contributed by atoms with E-state index in [1.807, 2.05) is 67.3 Å². The number of amides is 1. The fourth-order valence-corrected chi connectivity index (χ4v) is 3.97. The summed E-state index contributed by atoms with van der Waals surface area (Å²) < 4.78 is 10.9. The maximum atomic E-state index is 12.7. The Labute approximate surface area is 172 Å². The summed E-state index contributed by atoms with van der Waals surface area (Å²) in [5.74, 6) is 0.654. The molecule has 0 atom stereocenters. The molecule has 0 saturated carbocycles. The van der Waals surface area contributed by atoms with Crippen LogP contribution in [-0.2, 0) is 19.7 Å². The molecule has 0 unspecified atom stereocenters. The minimum Gasteiger partial charge on any atom is -0.493 e. The molecule has 1 amide bonds. The van der Waals surface area contributed by atoms with E-state index in [4.69, 9.17) is 9.47 Å². The van der Waals surface area contributed by atoms with Gasteiger partial charge in [-0.3, -0.25) is 9.59 Å². The largest absolute Gasteiger partial charge is 0.493 e. The molecule has 1 fully saturated rings. The normalized spacial score (nSPS) is 15.6. The molecule has 1 aliphatic rings. The van der Waals surface area contributed by atoms with Gasteiger partial charge in [-0.25, -0.2) is 0 Å². The number of carbonyl (C=O) groups is 2. The van der Waals surface area contributed by atoms with Gasteiger partial charge in [-0.05, 0) is 49.4 Å². The number of rotatable bonds is 6. The van der Waals surface area contributed by atoms with E-state index in [2.05, 4.69) is 0 Å². The number of hydrogen-bond donors (Lipinski definition) is 0. The molecular weight excluding hydrogens is 366 g/mol. The number of methoxy groups -OCH3 is 1. The van der Waals surface area contributed by atoms with Gasteiger partial charge in [-0.2, -0.15) is 0 Å². The number of hydrogen-bond acceptors (Lipinski definition) is 4. The lowest BCUT2D eigenvalue weighted by atomic mass is 9.72. The molecule has 0 spiro atoms. The van der Waals surface area contributed by atoms with Crippen molar-refractivity contribution in [3.8, 4) is 5.75 Å². The van der Waals surface area contributed by atoms with Gasteiger partial charge in [0.2, 0.25) is 5.91 Å². The number of aryl methyl sites for hydroxylation is 2. The molecule has 0 N–H and O–H groups in total. The Morgan fingerprint density at radius 2 is 1.72 bits per heavy atom. The third-order valence-corrected chi connectivity index (χ3v) is 5.79. The number of esters is 1. The highest BCUT2D eigenvalue weighted by Gasteiger charge is 2.44. The zero-order valence-corrected chi connectivity index (χ0v) is 17.4. The van der Waals surface area contributed by atoms with Crippen LogP contribution in [0.1, 0.15) is 36.0 Å². The van der Waals surface area contributed by atoms with Gasteiger partial charge in [0, 0.05) is 13.1 Å². The van der Waals surface area contributed by atoms with Gasteiger partial charge in [0.1, 0.15) is 5.75 Å². The highest BCUT2D eigenvalue weighted by atomic mass is 16.5. The lowest BCUT2D eigenvalue weighted by Gasteiger charge is -2.40. The molecule has 0 aromatic heterocycles. The Morgan fingerprint density at radius 3 is 2.38 bits per heavy atom. The predicted molar refractivity (Wildman–Crippen MR) is 112 cm³/mol. The lowest BCUT2D eigenvalue weighted by molar-refractivity contribution is -0.151. The molecule has 1 heterocycles. The number of ether oxygens (including phenoxy) is 2. The van der Waals surface area contributed by atoms with Gasteiger partial charge >= 0.3 is 5.97 Å². The summed E-state index contributed by atoms with van der Waals surface area (Å²) in [4.78, 5) is 27.1. The molecule has 2 aromatic carbocycles. The monoisotopic (exact) mass is 395 g/mol. The van der Waals surface area contributed by atoms with Crippen LogP contribution in [0.3, 0.4) is 0 Å². The lowest BCUT2D eigenvalue weighted by Crippen LogP contribution is -2.49. The fraction of sp³-hybridized carbons (Fsp3) is 0.417. The molecule has 5 nitrogen and oxygen atoms in total. The first-order valence-corrected chi connectivity index (χ1v) is 10.1. The van der Waals surface area contributed by atoms with Crippen molar-refractivity contribution in [1.29, 1.82) is 0 Å². The zero-order chi connectivity index (χ0) is 20.9. The average molecular weight is 395 g/mol. The van der Waals surface area contributed by atoms with Crippen molar-refractivity contribution in [2.45, 2.75) is 38.5 Å². The van der Waals surface area contributed by atoms with Crippen LogP contribution in [0.5, 0.6) is 5.75 Å². The first-order chi connectivity index (χ1) is 14.0. The molecule has 2 aromatic rings. The van der Waals surface area contributed by atoms with Gasteiger partial charge in [0.05, 0.1) is 25.6 Å². The summed E-state index contributed by atoms with van der Waals surface area (Å²) in [5.41, 5.74) is 2.47. The summed E-state index contributed by atoms with van der Waals surface area (Å²) in [7, 11) is 1.43. The maximum absolute atomic E-state index is 12.7. The van der Waals surface area contributed by atoms with Crippen LogP contribution in [-0.4, -0.2) is 43.6 Å². The predicted octanol–water partition coefficient (Wildman–Crippen LogP) is 3.81. The van der Waals surface area contributed by atoms with Crippen LogP contribution >= 0.6 is 0 Å². The van der Waals surface area contributed by atoms with Crippen molar-refractivity contribution in [3.63, 3.8) is 0 Å². The van der Waals surface area contributed by atoms with Crippen molar-refractivity contribution in [2.24, 2.45) is 0 Å². The highest BCUT2D eigenvalue weighted by molar-refractivity contribution is 5.84. The molecule has 3 rings (SSSR count). The van der Waals surface area contributed by atoms with E-state index in [0.717, 1.165) is 22.4 Å². The number of benzene rings is 2. The Bertz CT molecular complexity index is 854. The number of nitrogens with zero attached hydrogens (tertiary/aromatic N) is 1. The second kappa shape index (κ2) is 9.12. The van der Waals surface area contributed by atoms with E-state index in [0.29, 0.717) is 39.0 Å². The first kappa shape index (κ1) is 20.9. The third-order valence-electron chi connectivity index (χ3n) is 5.79. The minimum atomic E-state index is -0.679. The Balaban J connectivity index is 1.58.